The molecule has 0 N–H and O–H groups in total. The molecule has 3 heterocycles. The Morgan fingerprint density at radius 3 is 2.79 bits per heavy atom. The van der Waals surface area contributed by atoms with E-state index in [1.54, 1.807) is 7.11 Å². The fraction of sp³-hybridized carbons (Fsp3) is 0.389. The molecule has 0 amide bonds. The van der Waals surface area contributed by atoms with Crippen LogP contribution in [0.4, 0.5) is 0 Å². The summed E-state index contributed by atoms with van der Waals surface area (Å²) in [6.45, 7) is 0. The fourth-order valence-electron chi connectivity index (χ4n) is 3.07. The Kier molecular flexibility index (Phi) is 5.40. The largest absolute Gasteiger partial charge is 0.497 e. The van der Waals surface area contributed by atoms with E-state index in [1.165, 1.54) is 11.8 Å². The summed E-state index contributed by atoms with van der Waals surface area (Å²) in [6, 6.07) is 9.44. The summed E-state index contributed by atoms with van der Waals surface area (Å²) < 4.78 is 39.2. The molecule has 8 nitrogen and oxygen atoms in total. The van der Waals surface area contributed by atoms with E-state index in [9.17, 15) is 8.42 Å². The third kappa shape index (κ3) is 4.56. The molecule has 2 aromatic heterocycles. The number of benzene rings is 1. The quantitative estimate of drug-likeness (QED) is 0.532. The molecule has 148 valence electrons. The van der Waals surface area contributed by atoms with Gasteiger partial charge in [-0.05, 0) is 36.6 Å². The van der Waals surface area contributed by atoms with Gasteiger partial charge in [-0.1, -0.05) is 16.9 Å². The molecule has 0 aliphatic carbocycles. The van der Waals surface area contributed by atoms with E-state index >= 15 is 0 Å². The van der Waals surface area contributed by atoms with E-state index in [4.69, 9.17) is 13.7 Å². The van der Waals surface area contributed by atoms with Crippen LogP contribution in [-0.4, -0.2) is 42.4 Å². The second-order valence-corrected chi connectivity index (χ2v) is 9.79. The number of hydrogen-bond acceptors (Lipinski definition) is 9. The standard InChI is InChI=1S/C18H19N3O5S2/c1-24-14-4-2-13(3-5-14)16-9-15(26-21-16)10-27-18-20-19-17(25-18)8-12-6-7-28(22,23)11-12/h2-5,9,12H,6-8,10-11H2,1H3. The topological polar surface area (TPSA) is 108 Å². The zero-order valence-corrected chi connectivity index (χ0v) is 16.8. The number of aromatic nitrogens is 3. The van der Waals surface area contributed by atoms with Crippen LogP contribution in [0.1, 0.15) is 18.1 Å². The molecule has 3 aromatic rings. The van der Waals surface area contributed by atoms with Crippen molar-refractivity contribution in [2.45, 2.75) is 23.8 Å². The minimum absolute atomic E-state index is 0.0598. The lowest BCUT2D eigenvalue weighted by molar-refractivity contribution is 0.385. The average molecular weight is 422 g/mol. The first-order valence-electron chi connectivity index (χ1n) is 8.76. The van der Waals surface area contributed by atoms with Crippen LogP contribution in [0, 0.1) is 5.92 Å². The van der Waals surface area contributed by atoms with Crippen LogP contribution < -0.4 is 4.74 Å². The molecule has 1 aromatic carbocycles. The summed E-state index contributed by atoms with van der Waals surface area (Å²) in [7, 11) is -1.28. The van der Waals surface area contributed by atoms with Gasteiger partial charge in [-0.2, -0.15) is 0 Å². The molecule has 1 unspecified atom stereocenters. The van der Waals surface area contributed by atoms with Gasteiger partial charge in [-0.3, -0.25) is 0 Å². The zero-order chi connectivity index (χ0) is 19.6. The number of hydrogen-bond donors (Lipinski definition) is 0. The Balaban J connectivity index is 1.32. The first-order valence-corrected chi connectivity index (χ1v) is 11.6. The van der Waals surface area contributed by atoms with Crippen LogP contribution in [0.5, 0.6) is 5.75 Å². The summed E-state index contributed by atoms with van der Waals surface area (Å²) in [5.74, 6) is 2.95. The van der Waals surface area contributed by atoms with Crippen molar-refractivity contribution in [2.24, 2.45) is 5.92 Å². The molecule has 0 saturated carbocycles. The van der Waals surface area contributed by atoms with Crippen molar-refractivity contribution in [1.29, 1.82) is 0 Å². The second-order valence-electron chi connectivity index (χ2n) is 6.63. The summed E-state index contributed by atoms with van der Waals surface area (Å²) in [4.78, 5) is 0. The third-order valence-corrected chi connectivity index (χ3v) is 7.20. The van der Waals surface area contributed by atoms with E-state index in [0.29, 0.717) is 35.5 Å². The van der Waals surface area contributed by atoms with Crippen molar-refractivity contribution in [2.75, 3.05) is 18.6 Å². The van der Waals surface area contributed by atoms with Crippen molar-refractivity contribution < 1.29 is 22.1 Å². The minimum Gasteiger partial charge on any atom is -0.497 e. The van der Waals surface area contributed by atoms with Gasteiger partial charge in [0.15, 0.2) is 9.84 Å². The van der Waals surface area contributed by atoms with Gasteiger partial charge in [0, 0.05) is 18.1 Å². The van der Waals surface area contributed by atoms with Crippen molar-refractivity contribution in [3.8, 4) is 17.0 Å². The van der Waals surface area contributed by atoms with E-state index < -0.39 is 9.84 Å². The Labute approximate surface area is 166 Å². The van der Waals surface area contributed by atoms with Gasteiger partial charge in [0.05, 0.1) is 24.4 Å². The number of ether oxygens (including phenoxy) is 1. The van der Waals surface area contributed by atoms with Crippen LogP contribution in [0.25, 0.3) is 11.3 Å². The van der Waals surface area contributed by atoms with Crippen molar-refractivity contribution in [3.05, 3.63) is 42.0 Å². The molecule has 0 radical (unpaired) electrons. The highest BCUT2D eigenvalue weighted by Crippen LogP contribution is 2.27. The second kappa shape index (κ2) is 7.96. The van der Waals surface area contributed by atoms with Gasteiger partial charge in [0.2, 0.25) is 5.89 Å². The van der Waals surface area contributed by atoms with Crippen LogP contribution in [0.3, 0.4) is 0 Å². The van der Waals surface area contributed by atoms with Crippen molar-refractivity contribution >= 4 is 21.6 Å². The molecule has 1 saturated heterocycles. The number of methoxy groups -OCH3 is 1. The molecule has 1 atom stereocenters. The lowest BCUT2D eigenvalue weighted by Gasteiger charge is -2.01. The lowest BCUT2D eigenvalue weighted by atomic mass is 10.1. The fourth-order valence-corrected chi connectivity index (χ4v) is 5.59. The molecular weight excluding hydrogens is 402 g/mol. The number of thioether (sulfide) groups is 1. The van der Waals surface area contributed by atoms with Crippen LogP contribution in [0.15, 0.2) is 44.5 Å². The van der Waals surface area contributed by atoms with E-state index in [-0.39, 0.29) is 17.4 Å². The van der Waals surface area contributed by atoms with E-state index in [2.05, 4.69) is 15.4 Å². The van der Waals surface area contributed by atoms with Crippen molar-refractivity contribution in [1.82, 2.24) is 15.4 Å². The van der Waals surface area contributed by atoms with Gasteiger partial charge < -0.3 is 13.7 Å². The Bertz CT molecular complexity index is 1040. The summed E-state index contributed by atoms with van der Waals surface area (Å²) in [5, 5.41) is 12.6. The average Bonchev–Trinajstić information content (AvgIpc) is 3.41. The van der Waals surface area contributed by atoms with Crippen LogP contribution in [-0.2, 0) is 22.0 Å². The smallest absolute Gasteiger partial charge is 0.277 e. The van der Waals surface area contributed by atoms with Crippen LogP contribution >= 0.6 is 11.8 Å². The molecule has 0 bridgehead atoms. The molecule has 1 aliphatic rings. The molecule has 1 aliphatic heterocycles. The summed E-state index contributed by atoms with van der Waals surface area (Å²) in [6.07, 6.45) is 1.15. The molecular formula is C18H19N3O5S2. The number of nitrogens with zero attached hydrogens (tertiary/aromatic N) is 3. The lowest BCUT2D eigenvalue weighted by Crippen LogP contribution is -2.07. The predicted molar refractivity (Wildman–Crippen MR) is 103 cm³/mol. The van der Waals surface area contributed by atoms with Gasteiger partial charge in [0.25, 0.3) is 5.22 Å². The third-order valence-electron chi connectivity index (χ3n) is 4.52. The number of rotatable bonds is 7. The van der Waals surface area contributed by atoms with Gasteiger partial charge >= 0.3 is 0 Å². The molecule has 10 heteroatoms. The zero-order valence-electron chi connectivity index (χ0n) is 15.2. The molecule has 4 rings (SSSR count). The van der Waals surface area contributed by atoms with Crippen molar-refractivity contribution in [3.63, 3.8) is 0 Å². The SMILES string of the molecule is COc1ccc(-c2cc(CSc3nnc(CC4CCS(=O)(=O)C4)o3)on2)cc1. The van der Waals surface area contributed by atoms with E-state index in [1.807, 2.05) is 30.3 Å². The summed E-state index contributed by atoms with van der Waals surface area (Å²) >= 11 is 1.35. The number of sulfone groups is 1. The predicted octanol–water partition coefficient (Wildman–Crippen LogP) is 3.00. The first kappa shape index (κ1) is 19.0. The highest BCUT2D eigenvalue weighted by atomic mass is 32.2. The first-order chi connectivity index (χ1) is 13.5. The maximum atomic E-state index is 11.5. The normalized spacial score (nSPS) is 18.4. The highest BCUT2D eigenvalue weighted by molar-refractivity contribution is 7.98. The maximum Gasteiger partial charge on any atom is 0.277 e. The highest BCUT2D eigenvalue weighted by Gasteiger charge is 2.29. The molecule has 0 spiro atoms. The maximum absolute atomic E-state index is 11.5. The Hall–Kier alpha value is -2.33. The van der Waals surface area contributed by atoms with E-state index in [0.717, 1.165) is 17.0 Å². The molecule has 1 fully saturated rings. The van der Waals surface area contributed by atoms with Gasteiger partial charge in [-0.15, -0.1) is 10.2 Å². The monoisotopic (exact) mass is 421 g/mol. The molecule has 28 heavy (non-hydrogen) atoms. The van der Waals surface area contributed by atoms with Gasteiger partial charge in [0.1, 0.15) is 17.2 Å². The minimum atomic E-state index is -2.90. The van der Waals surface area contributed by atoms with Gasteiger partial charge in [-0.25, -0.2) is 8.42 Å². The van der Waals surface area contributed by atoms with Crippen LogP contribution in [0.2, 0.25) is 0 Å². The summed E-state index contributed by atoms with van der Waals surface area (Å²) in [5.41, 5.74) is 1.68. The Morgan fingerprint density at radius 2 is 2.07 bits per heavy atom. The Morgan fingerprint density at radius 1 is 1.25 bits per heavy atom.